The first-order valence-electron chi connectivity index (χ1n) is 8.28. The zero-order valence-corrected chi connectivity index (χ0v) is 14.8. The molecule has 1 atom stereocenters. The van der Waals surface area contributed by atoms with Crippen molar-refractivity contribution < 1.29 is 22.7 Å². The van der Waals surface area contributed by atoms with Crippen LogP contribution in [0.25, 0.3) is 0 Å². The zero-order chi connectivity index (χ0) is 18.4. The number of benzene rings is 1. The van der Waals surface area contributed by atoms with Gasteiger partial charge in [-0.15, -0.1) is 0 Å². The number of β-amino-alcohol motifs (C(OH)–C–C–N with tert-alkyl or cyclic N) is 1. The third kappa shape index (κ3) is 6.03. The van der Waals surface area contributed by atoms with Gasteiger partial charge in [0.15, 0.2) is 0 Å². The smallest absolute Gasteiger partial charge is 0.254 e. The summed E-state index contributed by atoms with van der Waals surface area (Å²) < 4.78 is 36.4. The van der Waals surface area contributed by atoms with Crippen molar-refractivity contribution in [3.63, 3.8) is 0 Å². The molecule has 140 valence electrons. The normalized spacial score (nSPS) is 17.7. The summed E-state index contributed by atoms with van der Waals surface area (Å²) in [6, 6.07) is 2.76. The molecule has 1 heterocycles. The summed E-state index contributed by atoms with van der Waals surface area (Å²) in [7, 11) is -4.03. The number of rotatable bonds is 6. The molecule has 9 heteroatoms. The fourth-order valence-electron chi connectivity index (χ4n) is 2.84. The minimum atomic E-state index is -4.03. The van der Waals surface area contributed by atoms with Crippen molar-refractivity contribution in [1.29, 1.82) is 0 Å². The average Bonchev–Trinajstić information content (AvgIpc) is 2.80. The van der Waals surface area contributed by atoms with E-state index in [9.17, 15) is 22.7 Å². The van der Waals surface area contributed by atoms with Crippen LogP contribution in [0.1, 0.15) is 36.0 Å². The number of nitrogens with one attached hydrogen (secondary N) is 1. The number of aliphatic hydroxyl groups is 1. The van der Waals surface area contributed by atoms with Crippen LogP contribution in [0.4, 0.5) is 4.39 Å². The molecule has 1 aromatic carbocycles. The van der Waals surface area contributed by atoms with Crippen molar-refractivity contribution in [3.8, 4) is 0 Å². The lowest BCUT2D eigenvalue weighted by molar-refractivity contribution is 0.0859. The summed E-state index contributed by atoms with van der Waals surface area (Å²) >= 11 is 0. The molecular weight excluding hydrogens is 349 g/mol. The van der Waals surface area contributed by atoms with Gasteiger partial charge in [0.1, 0.15) is 5.82 Å². The number of amides is 1. The fraction of sp³-hybridized carbons (Fsp3) is 0.562. The standard InChI is InChI=1S/C16H24FN3O4S/c17-15-6-5-13(25(18,23)24)9-14(15)16(22)19-10-12(21)11-20-7-3-1-2-4-8-20/h5-6,9,12,21H,1-4,7-8,10-11H2,(H,19,22)(H2,18,23,24)/t12-/m1/s1. The number of sulfonamides is 1. The van der Waals surface area contributed by atoms with E-state index in [1.165, 1.54) is 12.8 Å². The second kappa shape index (κ2) is 8.70. The summed E-state index contributed by atoms with van der Waals surface area (Å²) in [6.45, 7) is 2.21. The van der Waals surface area contributed by atoms with Gasteiger partial charge in [0.05, 0.1) is 16.6 Å². The summed E-state index contributed by atoms with van der Waals surface area (Å²) in [5, 5.41) is 17.5. The number of hydrogen-bond donors (Lipinski definition) is 3. The van der Waals surface area contributed by atoms with Crippen molar-refractivity contribution in [1.82, 2.24) is 10.2 Å². The van der Waals surface area contributed by atoms with Crippen LogP contribution in [-0.2, 0) is 10.0 Å². The first-order chi connectivity index (χ1) is 11.8. The number of nitrogens with zero attached hydrogens (tertiary/aromatic N) is 1. The average molecular weight is 373 g/mol. The third-order valence-corrected chi connectivity index (χ3v) is 5.09. The van der Waals surface area contributed by atoms with E-state index in [4.69, 9.17) is 5.14 Å². The van der Waals surface area contributed by atoms with Gasteiger partial charge in [-0.05, 0) is 44.1 Å². The molecule has 0 aliphatic carbocycles. The van der Waals surface area contributed by atoms with Gasteiger partial charge >= 0.3 is 0 Å². The van der Waals surface area contributed by atoms with E-state index in [0.717, 1.165) is 44.1 Å². The van der Waals surface area contributed by atoms with Gasteiger partial charge in [0.2, 0.25) is 10.0 Å². The number of aliphatic hydroxyl groups excluding tert-OH is 1. The SMILES string of the molecule is NS(=O)(=O)c1ccc(F)c(C(=O)NC[C@@H](O)CN2CCCCCC2)c1. The summed E-state index contributed by atoms with van der Waals surface area (Å²) in [5.41, 5.74) is -0.423. The van der Waals surface area contributed by atoms with Crippen molar-refractivity contribution >= 4 is 15.9 Å². The molecular formula is C16H24FN3O4S. The Hall–Kier alpha value is -1.55. The summed E-state index contributed by atoms with van der Waals surface area (Å²) in [6.07, 6.45) is 3.76. The van der Waals surface area contributed by atoms with Crippen LogP contribution in [0.5, 0.6) is 0 Å². The minimum Gasteiger partial charge on any atom is -0.390 e. The molecule has 4 N–H and O–H groups in total. The molecule has 0 unspecified atom stereocenters. The van der Waals surface area contributed by atoms with Gasteiger partial charge in [-0.2, -0.15) is 0 Å². The molecule has 0 saturated carbocycles. The Morgan fingerprint density at radius 2 is 1.92 bits per heavy atom. The Bertz CT molecular complexity index is 703. The minimum absolute atomic E-state index is 0.0472. The molecule has 0 radical (unpaired) electrons. The second-order valence-corrected chi connectivity index (χ2v) is 7.83. The van der Waals surface area contributed by atoms with Crippen LogP contribution in [0.3, 0.4) is 0 Å². The number of primary sulfonamides is 1. The van der Waals surface area contributed by atoms with E-state index in [2.05, 4.69) is 10.2 Å². The monoisotopic (exact) mass is 373 g/mol. The van der Waals surface area contributed by atoms with E-state index < -0.39 is 33.4 Å². The molecule has 1 saturated heterocycles. The highest BCUT2D eigenvalue weighted by atomic mass is 32.2. The lowest BCUT2D eigenvalue weighted by atomic mass is 10.2. The largest absolute Gasteiger partial charge is 0.390 e. The van der Waals surface area contributed by atoms with Crippen molar-refractivity contribution in [2.45, 2.75) is 36.7 Å². The predicted molar refractivity (Wildman–Crippen MR) is 91.0 cm³/mol. The number of nitrogens with two attached hydrogens (primary N) is 1. The summed E-state index contributed by atoms with van der Waals surface area (Å²) in [5.74, 6) is -1.65. The van der Waals surface area contributed by atoms with Crippen LogP contribution in [0.15, 0.2) is 23.1 Å². The molecule has 25 heavy (non-hydrogen) atoms. The molecule has 1 fully saturated rings. The number of carbonyl (C=O) groups excluding carboxylic acids is 1. The topological polar surface area (TPSA) is 113 Å². The van der Waals surface area contributed by atoms with Gasteiger partial charge in [0, 0.05) is 13.1 Å². The Morgan fingerprint density at radius 3 is 2.52 bits per heavy atom. The van der Waals surface area contributed by atoms with E-state index in [-0.39, 0.29) is 11.4 Å². The van der Waals surface area contributed by atoms with Gasteiger partial charge in [-0.3, -0.25) is 4.79 Å². The van der Waals surface area contributed by atoms with Crippen molar-refractivity contribution in [3.05, 3.63) is 29.6 Å². The summed E-state index contributed by atoms with van der Waals surface area (Å²) in [4.78, 5) is 13.9. The highest BCUT2D eigenvalue weighted by Gasteiger charge is 2.19. The van der Waals surface area contributed by atoms with Gasteiger partial charge in [-0.25, -0.2) is 17.9 Å². The van der Waals surface area contributed by atoms with Crippen LogP contribution < -0.4 is 10.5 Å². The van der Waals surface area contributed by atoms with Gasteiger partial charge in [0.25, 0.3) is 5.91 Å². The van der Waals surface area contributed by atoms with Crippen LogP contribution in [0.2, 0.25) is 0 Å². The van der Waals surface area contributed by atoms with Crippen molar-refractivity contribution in [2.75, 3.05) is 26.2 Å². The zero-order valence-electron chi connectivity index (χ0n) is 13.9. The highest BCUT2D eigenvalue weighted by molar-refractivity contribution is 7.89. The van der Waals surface area contributed by atoms with E-state index in [1.54, 1.807) is 0 Å². The lowest BCUT2D eigenvalue weighted by Gasteiger charge is -2.23. The molecule has 1 amide bonds. The molecule has 1 aliphatic rings. The van der Waals surface area contributed by atoms with Crippen LogP contribution >= 0.6 is 0 Å². The predicted octanol–water partition coefficient (Wildman–Crippen LogP) is 0.440. The maximum absolute atomic E-state index is 13.8. The van der Waals surface area contributed by atoms with Gasteiger partial charge < -0.3 is 15.3 Å². The molecule has 1 aromatic rings. The van der Waals surface area contributed by atoms with E-state index >= 15 is 0 Å². The maximum atomic E-state index is 13.8. The molecule has 1 aliphatic heterocycles. The maximum Gasteiger partial charge on any atom is 0.254 e. The molecule has 2 rings (SSSR count). The third-order valence-electron chi connectivity index (χ3n) is 4.18. The second-order valence-electron chi connectivity index (χ2n) is 6.27. The number of halogens is 1. The fourth-order valence-corrected chi connectivity index (χ4v) is 3.38. The van der Waals surface area contributed by atoms with E-state index in [0.29, 0.717) is 6.54 Å². The van der Waals surface area contributed by atoms with Gasteiger partial charge in [-0.1, -0.05) is 12.8 Å². The Labute approximate surface area is 147 Å². The quantitative estimate of drug-likeness (QED) is 0.670. The molecule has 0 bridgehead atoms. The molecule has 7 nitrogen and oxygen atoms in total. The Kier molecular flexibility index (Phi) is 6.88. The first-order valence-corrected chi connectivity index (χ1v) is 9.83. The van der Waals surface area contributed by atoms with Crippen molar-refractivity contribution in [2.24, 2.45) is 5.14 Å². The van der Waals surface area contributed by atoms with E-state index in [1.807, 2.05) is 0 Å². The highest BCUT2D eigenvalue weighted by Crippen LogP contribution is 2.14. The molecule has 0 spiro atoms. The first kappa shape index (κ1) is 19.8. The Morgan fingerprint density at radius 1 is 1.28 bits per heavy atom. The number of hydrogen-bond acceptors (Lipinski definition) is 5. The number of likely N-dealkylation sites (tertiary alicyclic amines) is 1. The lowest BCUT2D eigenvalue weighted by Crippen LogP contribution is -2.40. The Balaban J connectivity index is 1.93. The van der Waals surface area contributed by atoms with Crippen LogP contribution in [0, 0.1) is 5.82 Å². The van der Waals surface area contributed by atoms with Crippen LogP contribution in [-0.4, -0.2) is 56.6 Å². The number of carbonyl (C=O) groups is 1. The molecule has 0 aromatic heterocycles.